The Bertz CT molecular complexity index is 540. The first-order chi connectivity index (χ1) is 8.69. The Morgan fingerprint density at radius 1 is 1.17 bits per heavy atom. The Balaban J connectivity index is 2.10. The lowest BCUT2D eigenvalue weighted by molar-refractivity contribution is 0.405. The van der Waals surface area contributed by atoms with Gasteiger partial charge in [-0.15, -0.1) is 11.8 Å². The number of rotatable bonds is 4. The molecule has 2 nitrogen and oxygen atoms in total. The third kappa shape index (κ3) is 3.20. The monoisotopic (exact) mass is 259 g/mol. The second-order valence-electron chi connectivity index (χ2n) is 4.19. The summed E-state index contributed by atoms with van der Waals surface area (Å²) in [6, 6.07) is 14.3. The van der Waals surface area contributed by atoms with E-state index in [0.717, 1.165) is 22.1 Å². The third-order valence-electron chi connectivity index (χ3n) is 2.66. The Kier molecular flexibility index (Phi) is 4.15. The van der Waals surface area contributed by atoms with Gasteiger partial charge in [0.15, 0.2) is 0 Å². The van der Waals surface area contributed by atoms with Crippen LogP contribution in [0.25, 0.3) is 0 Å². The Morgan fingerprint density at radius 3 is 2.72 bits per heavy atom. The van der Waals surface area contributed by atoms with Crippen LogP contribution in [0.2, 0.25) is 0 Å². The fourth-order valence-corrected chi connectivity index (χ4v) is 2.72. The maximum absolute atomic E-state index is 5.74. The molecule has 0 atom stereocenters. The van der Waals surface area contributed by atoms with Crippen molar-refractivity contribution in [3.05, 3.63) is 53.6 Å². The van der Waals surface area contributed by atoms with Crippen molar-refractivity contribution >= 4 is 17.4 Å². The van der Waals surface area contributed by atoms with Crippen molar-refractivity contribution in [2.75, 3.05) is 12.8 Å². The smallest absolute Gasteiger partial charge is 0.134 e. The van der Waals surface area contributed by atoms with Crippen molar-refractivity contribution in [3.8, 4) is 5.75 Å². The number of aryl methyl sites for hydroxylation is 1. The summed E-state index contributed by atoms with van der Waals surface area (Å²) in [5.74, 6) is 1.77. The van der Waals surface area contributed by atoms with Gasteiger partial charge in [-0.05, 0) is 24.6 Å². The summed E-state index contributed by atoms with van der Waals surface area (Å²) in [4.78, 5) is 1.12. The van der Waals surface area contributed by atoms with Gasteiger partial charge in [0.25, 0.3) is 0 Å². The predicted octanol–water partition coefficient (Wildman–Crippen LogP) is 3.88. The number of ether oxygens (including phenoxy) is 1. The molecule has 3 heteroatoms. The van der Waals surface area contributed by atoms with E-state index < -0.39 is 0 Å². The van der Waals surface area contributed by atoms with Crippen LogP contribution in [0.3, 0.4) is 0 Å². The first kappa shape index (κ1) is 12.8. The highest BCUT2D eigenvalue weighted by Gasteiger charge is 2.04. The Labute approximate surface area is 112 Å². The topological polar surface area (TPSA) is 35.2 Å². The first-order valence-electron chi connectivity index (χ1n) is 5.81. The van der Waals surface area contributed by atoms with Crippen LogP contribution in [-0.2, 0) is 5.75 Å². The number of methoxy groups -OCH3 is 1. The number of anilines is 1. The van der Waals surface area contributed by atoms with E-state index in [4.69, 9.17) is 10.5 Å². The van der Waals surface area contributed by atoms with Crippen LogP contribution >= 0.6 is 11.8 Å². The van der Waals surface area contributed by atoms with Crippen LogP contribution in [0.1, 0.15) is 11.1 Å². The lowest BCUT2D eigenvalue weighted by atomic mass is 10.2. The van der Waals surface area contributed by atoms with E-state index >= 15 is 0 Å². The number of hydrogen-bond acceptors (Lipinski definition) is 3. The van der Waals surface area contributed by atoms with Crippen molar-refractivity contribution in [3.63, 3.8) is 0 Å². The van der Waals surface area contributed by atoms with Crippen molar-refractivity contribution in [1.29, 1.82) is 0 Å². The Morgan fingerprint density at radius 2 is 2.00 bits per heavy atom. The molecule has 0 fully saturated rings. The zero-order valence-electron chi connectivity index (χ0n) is 10.6. The summed E-state index contributed by atoms with van der Waals surface area (Å²) in [5.41, 5.74) is 9.08. The molecule has 2 rings (SSSR count). The lowest BCUT2D eigenvalue weighted by Gasteiger charge is -2.09. The number of benzene rings is 2. The number of thioether (sulfide) groups is 1. The van der Waals surface area contributed by atoms with Crippen molar-refractivity contribution in [1.82, 2.24) is 0 Å². The average molecular weight is 259 g/mol. The molecule has 0 spiro atoms. The zero-order valence-corrected chi connectivity index (χ0v) is 11.5. The standard InChI is InChI=1S/C15H17NOS/c1-11-4-3-5-12(8-11)10-18-15-7-6-13(16)9-14(15)17-2/h3-9H,10,16H2,1-2H3. The van der Waals surface area contributed by atoms with E-state index in [9.17, 15) is 0 Å². The Hall–Kier alpha value is -1.61. The molecule has 0 amide bonds. The molecule has 2 aromatic rings. The molecule has 94 valence electrons. The average Bonchev–Trinajstić information content (AvgIpc) is 2.37. The molecular weight excluding hydrogens is 242 g/mol. The molecule has 0 aliphatic carbocycles. The van der Waals surface area contributed by atoms with E-state index in [1.807, 2.05) is 18.2 Å². The summed E-state index contributed by atoms with van der Waals surface area (Å²) >= 11 is 1.76. The minimum atomic E-state index is 0.728. The van der Waals surface area contributed by atoms with Gasteiger partial charge in [0.2, 0.25) is 0 Å². The summed E-state index contributed by atoms with van der Waals surface area (Å²) < 4.78 is 5.34. The highest BCUT2D eigenvalue weighted by Crippen LogP contribution is 2.33. The zero-order chi connectivity index (χ0) is 13.0. The van der Waals surface area contributed by atoms with Crippen LogP contribution in [0.15, 0.2) is 47.4 Å². The van der Waals surface area contributed by atoms with Crippen LogP contribution in [0.5, 0.6) is 5.75 Å². The van der Waals surface area contributed by atoms with Gasteiger partial charge in [-0.1, -0.05) is 29.8 Å². The quantitative estimate of drug-likeness (QED) is 0.668. The van der Waals surface area contributed by atoms with Gasteiger partial charge in [0, 0.05) is 22.4 Å². The van der Waals surface area contributed by atoms with E-state index in [2.05, 4.69) is 31.2 Å². The lowest BCUT2D eigenvalue weighted by Crippen LogP contribution is -1.91. The third-order valence-corrected chi connectivity index (χ3v) is 3.79. The maximum atomic E-state index is 5.74. The minimum absolute atomic E-state index is 0.728. The highest BCUT2D eigenvalue weighted by molar-refractivity contribution is 7.98. The van der Waals surface area contributed by atoms with E-state index in [-0.39, 0.29) is 0 Å². The number of hydrogen-bond donors (Lipinski definition) is 1. The molecule has 0 aliphatic heterocycles. The SMILES string of the molecule is COc1cc(N)ccc1SCc1cccc(C)c1. The van der Waals surface area contributed by atoms with Crippen molar-refractivity contribution < 1.29 is 4.74 Å². The maximum Gasteiger partial charge on any atom is 0.134 e. The summed E-state index contributed by atoms with van der Waals surface area (Å²) in [7, 11) is 1.67. The first-order valence-corrected chi connectivity index (χ1v) is 6.79. The van der Waals surface area contributed by atoms with Crippen LogP contribution < -0.4 is 10.5 Å². The summed E-state index contributed by atoms with van der Waals surface area (Å²) in [5, 5.41) is 0. The molecule has 0 aromatic heterocycles. The molecular formula is C15H17NOS. The minimum Gasteiger partial charge on any atom is -0.496 e. The second kappa shape index (κ2) is 5.83. The van der Waals surface area contributed by atoms with Crippen LogP contribution in [-0.4, -0.2) is 7.11 Å². The van der Waals surface area contributed by atoms with Gasteiger partial charge in [-0.25, -0.2) is 0 Å². The molecule has 0 aliphatic rings. The molecule has 0 radical (unpaired) electrons. The van der Waals surface area contributed by atoms with Crippen molar-refractivity contribution in [2.45, 2.75) is 17.6 Å². The molecule has 0 heterocycles. The van der Waals surface area contributed by atoms with Gasteiger partial charge >= 0.3 is 0 Å². The molecule has 2 aromatic carbocycles. The normalized spacial score (nSPS) is 10.3. The fourth-order valence-electron chi connectivity index (χ4n) is 1.77. The highest BCUT2D eigenvalue weighted by atomic mass is 32.2. The molecule has 2 N–H and O–H groups in total. The van der Waals surface area contributed by atoms with Crippen molar-refractivity contribution in [2.24, 2.45) is 0 Å². The van der Waals surface area contributed by atoms with Crippen LogP contribution in [0, 0.1) is 6.92 Å². The molecule has 0 saturated carbocycles. The van der Waals surface area contributed by atoms with Gasteiger partial charge in [-0.3, -0.25) is 0 Å². The summed E-state index contributed by atoms with van der Waals surface area (Å²) in [6.45, 7) is 2.11. The summed E-state index contributed by atoms with van der Waals surface area (Å²) in [6.07, 6.45) is 0. The second-order valence-corrected chi connectivity index (χ2v) is 5.21. The largest absolute Gasteiger partial charge is 0.496 e. The van der Waals surface area contributed by atoms with Gasteiger partial charge in [0.1, 0.15) is 5.75 Å². The predicted molar refractivity (Wildman–Crippen MR) is 78.1 cm³/mol. The van der Waals surface area contributed by atoms with Gasteiger partial charge < -0.3 is 10.5 Å². The molecule has 0 unspecified atom stereocenters. The van der Waals surface area contributed by atoms with E-state index in [1.54, 1.807) is 18.9 Å². The van der Waals surface area contributed by atoms with Gasteiger partial charge in [0.05, 0.1) is 7.11 Å². The number of nitrogens with two attached hydrogens (primary N) is 1. The fraction of sp³-hybridized carbons (Fsp3) is 0.200. The van der Waals surface area contributed by atoms with Gasteiger partial charge in [-0.2, -0.15) is 0 Å². The molecule has 0 bridgehead atoms. The molecule has 18 heavy (non-hydrogen) atoms. The van der Waals surface area contributed by atoms with Crippen LogP contribution in [0.4, 0.5) is 5.69 Å². The van der Waals surface area contributed by atoms with E-state index in [0.29, 0.717) is 0 Å². The molecule has 0 saturated heterocycles. The number of nitrogen functional groups attached to an aromatic ring is 1. The van der Waals surface area contributed by atoms with E-state index in [1.165, 1.54) is 11.1 Å².